The van der Waals surface area contributed by atoms with Gasteiger partial charge in [0.2, 0.25) is 0 Å². The number of phenolic OH excluding ortho intramolecular Hbond substituents is 1. The van der Waals surface area contributed by atoms with Crippen LogP contribution in [0.15, 0.2) is 30.3 Å². The fourth-order valence-electron chi connectivity index (χ4n) is 12.3. The standard InChI is InChI=1S/C39H56O4/c1-25-29(43-32(42)16-11-26-9-12-27(40)13-10-26)14-15-30-36(5)20-22-38(7)31-24-34(2,3)17-18-35(31,4)19-21-39(38,8)33(36)28(41)23-37(25,30)6/h9-13,16,25,29-31,33,40H,14-15,17-24H2,1-8H3. The number of ketones is 1. The minimum absolute atomic E-state index is 0.0156. The number of hydrogen-bond acceptors (Lipinski definition) is 4. The van der Waals surface area contributed by atoms with Crippen molar-refractivity contribution in [3.8, 4) is 5.75 Å². The van der Waals surface area contributed by atoms with Crippen molar-refractivity contribution in [1.82, 2.24) is 0 Å². The van der Waals surface area contributed by atoms with Crippen LogP contribution < -0.4 is 0 Å². The van der Waals surface area contributed by atoms with Crippen LogP contribution in [-0.4, -0.2) is 23.0 Å². The summed E-state index contributed by atoms with van der Waals surface area (Å²) in [6.45, 7) is 19.7. The molecule has 1 N–H and O–H groups in total. The lowest BCUT2D eigenvalue weighted by Crippen LogP contribution is -2.70. The van der Waals surface area contributed by atoms with E-state index in [4.69, 9.17) is 4.74 Å². The first-order valence-electron chi connectivity index (χ1n) is 17.2. The molecule has 0 spiro atoms. The molecule has 0 heterocycles. The summed E-state index contributed by atoms with van der Waals surface area (Å²) in [6, 6.07) is 6.77. The van der Waals surface area contributed by atoms with Gasteiger partial charge in [0.1, 0.15) is 17.6 Å². The maximum atomic E-state index is 14.7. The number of hydrogen-bond donors (Lipinski definition) is 1. The van der Waals surface area contributed by atoms with Crippen LogP contribution in [0.25, 0.3) is 6.08 Å². The second kappa shape index (κ2) is 9.95. The third-order valence-electron chi connectivity index (χ3n) is 15.1. The first-order chi connectivity index (χ1) is 20.0. The average molecular weight is 589 g/mol. The van der Waals surface area contributed by atoms with Crippen LogP contribution in [0.5, 0.6) is 5.75 Å². The second-order valence-corrected chi connectivity index (χ2v) is 17.8. The molecule has 10 atom stereocenters. The monoisotopic (exact) mass is 588 g/mol. The molecule has 4 heteroatoms. The largest absolute Gasteiger partial charge is 0.508 e. The summed E-state index contributed by atoms with van der Waals surface area (Å²) in [5.74, 6) is 1.72. The SMILES string of the molecule is CC1C(OC(=O)C=Cc2ccc(O)cc2)CCC2C1(C)CC(=O)C1C2(C)CCC2(C)C3CC(C)(C)CCC3(C)CCC12C. The van der Waals surface area contributed by atoms with Gasteiger partial charge >= 0.3 is 5.97 Å². The van der Waals surface area contributed by atoms with Crippen LogP contribution in [0.2, 0.25) is 0 Å². The van der Waals surface area contributed by atoms with Crippen molar-refractivity contribution >= 4 is 17.8 Å². The Morgan fingerprint density at radius 1 is 0.837 bits per heavy atom. The van der Waals surface area contributed by atoms with E-state index in [1.165, 1.54) is 44.6 Å². The number of aromatic hydroxyl groups is 1. The highest BCUT2D eigenvalue weighted by Crippen LogP contribution is 2.77. The van der Waals surface area contributed by atoms with Crippen molar-refractivity contribution in [2.24, 2.45) is 56.2 Å². The zero-order valence-corrected chi connectivity index (χ0v) is 28.1. The van der Waals surface area contributed by atoms with Gasteiger partial charge in [0.25, 0.3) is 0 Å². The minimum atomic E-state index is -0.334. The number of carbonyl (C=O) groups is 2. The lowest BCUT2D eigenvalue weighted by molar-refractivity contribution is -0.252. The summed E-state index contributed by atoms with van der Waals surface area (Å²) in [5, 5.41) is 9.53. The van der Waals surface area contributed by atoms with Gasteiger partial charge in [-0.05, 0) is 132 Å². The number of esters is 1. The molecule has 1 aromatic carbocycles. The number of rotatable bonds is 3. The third kappa shape index (κ3) is 4.58. The van der Waals surface area contributed by atoms with E-state index in [1.807, 2.05) is 0 Å². The van der Waals surface area contributed by atoms with E-state index in [1.54, 1.807) is 30.3 Å². The van der Waals surface area contributed by atoms with Crippen LogP contribution in [0, 0.1) is 56.2 Å². The summed E-state index contributed by atoms with van der Waals surface area (Å²) in [6.07, 6.45) is 14.3. The van der Waals surface area contributed by atoms with Gasteiger partial charge in [-0.1, -0.05) is 67.5 Å². The zero-order valence-electron chi connectivity index (χ0n) is 28.1. The molecule has 43 heavy (non-hydrogen) atoms. The van der Waals surface area contributed by atoms with Crippen molar-refractivity contribution in [3.63, 3.8) is 0 Å². The summed E-state index contributed by atoms with van der Waals surface area (Å²) in [5.41, 5.74) is 1.65. The van der Waals surface area contributed by atoms with Gasteiger partial charge in [0.15, 0.2) is 0 Å². The van der Waals surface area contributed by atoms with Crippen molar-refractivity contribution in [1.29, 1.82) is 0 Å². The molecule has 5 aliphatic rings. The highest BCUT2D eigenvalue weighted by molar-refractivity contribution is 5.87. The number of Topliss-reactive ketones (excluding diaryl/α,β-unsaturated/α-hetero) is 1. The van der Waals surface area contributed by atoms with Gasteiger partial charge in [-0.15, -0.1) is 0 Å². The Bertz CT molecular complexity index is 1310. The van der Waals surface area contributed by atoms with Crippen molar-refractivity contribution in [2.75, 3.05) is 0 Å². The van der Waals surface area contributed by atoms with E-state index in [0.717, 1.165) is 24.8 Å². The predicted molar refractivity (Wildman–Crippen MR) is 172 cm³/mol. The Kier molecular flexibility index (Phi) is 7.15. The van der Waals surface area contributed by atoms with Crippen molar-refractivity contribution in [2.45, 2.75) is 126 Å². The molecule has 0 aromatic heterocycles. The van der Waals surface area contributed by atoms with E-state index in [0.29, 0.717) is 34.9 Å². The zero-order chi connectivity index (χ0) is 31.2. The average Bonchev–Trinajstić information content (AvgIpc) is 2.93. The molecule has 0 aliphatic heterocycles. The molecule has 5 saturated carbocycles. The molecule has 0 bridgehead atoms. The molecular formula is C39H56O4. The van der Waals surface area contributed by atoms with Crippen LogP contribution in [0.4, 0.5) is 0 Å². The molecule has 10 unspecified atom stereocenters. The fourth-order valence-corrected chi connectivity index (χ4v) is 12.3. The summed E-state index contributed by atoms with van der Waals surface area (Å²) in [4.78, 5) is 27.6. The fraction of sp³-hybridized carbons (Fsp3) is 0.744. The number of fused-ring (bicyclic) bond motifs is 7. The lowest BCUT2D eigenvalue weighted by atomic mass is 9.30. The van der Waals surface area contributed by atoms with Crippen LogP contribution in [-0.2, 0) is 14.3 Å². The molecule has 5 fully saturated rings. The first-order valence-corrected chi connectivity index (χ1v) is 17.2. The number of carbonyl (C=O) groups excluding carboxylic acids is 2. The normalized spacial score (nSPS) is 47.2. The Labute approximate surface area is 260 Å². The first kappa shape index (κ1) is 30.9. The van der Waals surface area contributed by atoms with E-state index in [2.05, 4.69) is 55.4 Å². The quantitative estimate of drug-likeness (QED) is 0.282. The van der Waals surface area contributed by atoms with E-state index >= 15 is 0 Å². The smallest absolute Gasteiger partial charge is 0.331 e. The Balaban J connectivity index is 1.24. The van der Waals surface area contributed by atoms with Crippen LogP contribution in [0.1, 0.15) is 125 Å². The molecule has 0 amide bonds. The van der Waals surface area contributed by atoms with Gasteiger partial charge in [-0.3, -0.25) is 4.79 Å². The van der Waals surface area contributed by atoms with Gasteiger partial charge in [-0.25, -0.2) is 4.79 Å². The van der Waals surface area contributed by atoms with Gasteiger partial charge in [0.05, 0.1) is 0 Å². The maximum Gasteiger partial charge on any atom is 0.331 e. The van der Waals surface area contributed by atoms with Gasteiger partial charge in [0, 0.05) is 18.4 Å². The van der Waals surface area contributed by atoms with E-state index in [9.17, 15) is 14.7 Å². The third-order valence-corrected chi connectivity index (χ3v) is 15.1. The van der Waals surface area contributed by atoms with E-state index < -0.39 is 0 Å². The number of benzene rings is 1. The Morgan fingerprint density at radius 2 is 1.49 bits per heavy atom. The highest BCUT2D eigenvalue weighted by atomic mass is 16.5. The van der Waals surface area contributed by atoms with E-state index in [-0.39, 0.29) is 51.3 Å². The maximum absolute atomic E-state index is 14.7. The molecule has 4 nitrogen and oxygen atoms in total. The summed E-state index contributed by atoms with van der Waals surface area (Å²) >= 11 is 0. The molecule has 1 aromatic rings. The highest BCUT2D eigenvalue weighted by Gasteiger charge is 2.73. The van der Waals surface area contributed by atoms with Crippen molar-refractivity contribution < 1.29 is 19.4 Å². The Hall–Kier alpha value is -2.10. The predicted octanol–water partition coefficient (Wildman–Crippen LogP) is 9.40. The summed E-state index contributed by atoms with van der Waals surface area (Å²) in [7, 11) is 0. The van der Waals surface area contributed by atoms with Crippen LogP contribution >= 0.6 is 0 Å². The molecular weight excluding hydrogens is 532 g/mol. The molecule has 6 rings (SSSR count). The van der Waals surface area contributed by atoms with Gasteiger partial charge < -0.3 is 9.84 Å². The lowest BCUT2D eigenvalue weighted by Gasteiger charge is -2.74. The second-order valence-electron chi connectivity index (χ2n) is 17.8. The molecule has 5 aliphatic carbocycles. The van der Waals surface area contributed by atoms with Gasteiger partial charge in [-0.2, -0.15) is 0 Å². The number of phenols is 1. The summed E-state index contributed by atoms with van der Waals surface area (Å²) < 4.78 is 6.09. The topological polar surface area (TPSA) is 63.6 Å². The van der Waals surface area contributed by atoms with Crippen molar-refractivity contribution in [3.05, 3.63) is 35.9 Å². The Morgan fingerprint density at radius 3 is 2.19 bits per heavy atom. The number of ether oxygens (including phenoxy) is 1. The minimum Gasteiger partial charge on any atom is -0.508 e. The molecule has 0 saturated heterocycles. The molecule has 0 radical (unpaired) electrons. The van der Waals surface area contributed by atoms with Crippen LogP contribution in [0.3, 0.4) is 0 Å². The molecule has 236 valence electrons.